The van der Waals surface area contributed by atoms with Crippen LogP contribution in [-0.2, 0) is 11.2 Å². The number of amides is 1. The second-order valence-corrected chi connectivity index (χ2v) is 6.72. The van der Waals surface area contributed by atoms with Crippen LogP contribution in [0.2, 0.25) is 0 Å². The first-order valence-corrected chi connectivity index (χ1v) is 8.76. The SMILES string of the molecule is Cc1ccc(NC(=O)C[C@@H](C)NC[C@@H](O)Cc2ccccc2)c(C)c1. The Labute approximate surface area is 150 Å². The normalized spacial score (nSPS) is 13.3. The summed E-state index contributed by atoms with van der Waals surface area (Å²) in [4.78, 5) is 12.2. The molecule has 0 aromatic heterocycles. The van der Waals surface area contributed by atoms with Crippen LogP contribution in [0.3, 0.4) is 0 Å². The highest BCUT2D eigenvalue weighted by molar-refractivity contribution is 5.91. The quantitative estimate of drug-likeness (QED) is 0.691. The standard InChI is InChI=1S/C21H28N2O2/c1-15-9-10-20(16(2)11-15)23-21(25)12-17(3)22-14-19(24)13-18-7-5-4-6-8-18/h4-11,17,19,22,24H,12-14H2,1-3H3,(H,23,25)/t17-,19+/m1/s1. The van der Waals surface area contributed by atoms with E-state index >= 15 is 0 Å². The summed E-state index contributed by atoms with van der Waals surface area (Å²) < 4.78 is 0. The summed E-state index contributed by atoms with van der Waals surface area (Å²) in [6, 6.07) is 15.9. The topological polar surface area (TPSA) is 61.4 Å². The number of aliphatic hydroxyl groups is 1. The molecule has 134 valence electrons. The van der Waals surface area contributed by atoms with E-state index in [2.05, 4.69) is 16.7 Å². The summed E-state index contributed by atoms with van der Waals surface area (Å²) in [5.74, 6) is -0.0236. The largest absolute Gasteiger partial charge is 0.391 e. The first-order valence-electron chi connectivity index (χ1n) is 8.76. The summed E-state index contributed by atoms with van der Waals surface area (Å²) in [6.07, 6.45) is 0.507. The Morgan fingerprint density at radius 2 is 1.84 bits per heavy atom. The highest BCUT2D eigenvalue weighted by atomic mass is 16.3. The second kappa shape index (κ2) is 9.35. The first kappa shape index (κ1) is 19.2. The van der Waals surface area contributed by atoms with Crippen molar-refractivity contribution in [1.29, 1.82) is 0 Å². The van der Waals surface area contributed by atoms with Crippen LogP contribution in [0, 0.1) is 13.8 Å². The molecule has 0 saturated heterocycles. The van der Waals surface area contributed by atoms with Gasteiger partial charge in [-0.1, -0.05) is 48.0 Å². The van der Waals surface area contributed by atoms with E-state index in [9.17, 15) is 9.90 Å². The minimum absolute atomic E-state index is 0.00354. The smallest absolute Gasteiger partial charge is 0.225 e. The Balaban J connectivity index is 1.73. The molecule has 0 bridgehead atoms. The summed E-state index contributed by atoms with van der Waals surface area (Å²) in [5.41, 5.74) is 4.20. The number of carbonyl (C=O) groups excluding carboxylic acids is 1. The van der Waals surface area contributed by atoms with Crippen molar-refractivity contribution in [2.75, 3.05) is 11.9 Å². The number of aliphatic hydroxyl groups excluding tert-OH is 1. The number of benzene rings is 2. The second-order valence-electron chi connectivity index (χ2n) is 6.72. The highest BCUT2D eigenvalue weighted by Gasteiger charge is 2.12. The number of rotatable bonds is 8. The van der Waals surface area contributed by atoms with Crippen molar-refractivity contribution in [3.8, 4) is 0 Å². The van der Waals surface area contributed by atoms with Gasteiger partial charge in [-0.3, -0.25) is 4.79 Å². The molecule has 0 aliphatic rings. The van der Waals surface area contributed by atoms with Crippen LogP contribution in [0.1, 0.15) is 30.0 Å². The van der Waals surface area contributed by atoms with Crippen LogP contribution in [0.15, 0.2) is 48.5 Å². The van der Waals surface area contributed by atoms with Crippen molar-refractivity contribution < 1.29 is 9.90 Å². The van der Waals surface area contributed by atoms with Crippen molar-refractivity contribution in [3.63, 3.8) is 0 Å². The minimum Gasteiger partial charge on any atom is -0.391 e. The lowest BCUT2D eigenvalue weighted by Crippen LogP contribution is -2.37. The number of anilines is 1. The van der Waals surface area contributed by atoms with Crippen LogP contribution in [0.25, 0.3) is 0 Å². The van der Waals surface area contributed by atoms with Gasteiger partial charge >= 0.3 is 0 Å². The lowest BCUT2D eigenvalue weighted by Gasteiger charge is -2.17. The Bertz CT molecular complexity index is 686. The van der Waals surface area contributed by atoms with Crippen LogP contribution in [0.4, 0.5) is 5.69 Å². The maximum Gasteiger partial charge on any atom is 0.225 e. The predicted octanol–water partition coefficient (Wildman–Crippen LogP) is 3.21. The lowest BCUT2D eigenvalue weighted by molar-refractivity contribution is -0.116. The molecule has 2 rings (SSSR count). The zero-order valence-electron chi connectivity index (χ0n) is 15.3. The molecule has 2 atom stereocenters. The van der Waals surface area contributed by atoms with Gasteiger partial charge in [-0.25, -0.2) is 0 Å². The van der Waals surface area contributed by atoms with Gasteiger partial charge in [-0.2, -0.15) is 0 Å². The summed E-state index contributed by atoms with van der Waals surface area (Å²) >= 11 is 0. The van der Waals surface area contributed by atoms with Crippen molar-refractivity contribution in [2.45, 2.75) is 45.8 Å². The summed E-state index contributed by atoms with van der Waals surface area (Å²) in [5, 5.41) is 16.3. The van der Waals surface area contributed by atoms with E-state index in [4.69, 9.17) is 0 Å². The maximum absolute atomic E-state index is 12.2. The Kier molecular flexibility index (Phi) is 7.16. The Morgan fingerprint density at radius 1 is 1.12 bits per heavy atom. The number of hydrogen-bond acceptors (Lipinski definition) is 3. The fourth-order valence-corrected chi connectivity index (χ4v) is 2.80. The van der Waals surface area contributed by atoms with E-state index in [1.54, 1.807) is 0 Å². The highest BCUT2D eigenvalue weighted by Crippen LogP contribution is 2.16. The van der Waals surface area contributed by atoms with Crippen LogP contribution in [-0.4, -0.2) is 29.7 Å². The fraction of sp³-hybridized carbons (Fsp3) is 0.381. The van der Waals surface area contributed by atoms with Gasteiger partial charge in [-0.15, -0.1) is 0 Å². The maximum atomic E-state index is 12.2. The molecule has 25 heavy (non-hydrogen) atoms. The number of nitrogens with one attached hydrogen (secondary N) is 2. The molecule has 0 unspecified atom stereocenters. The molecule has 0 aliphatic carbocycles. The molecule has 0 spiro atoms. The number of carbonyl (C=O) groups is 1. The summed E-state index contributed by atoms with van der Waals surface area (Å²) in [7, 11) is 0. The molecule has 2 aromatic rings. The zero-order valence-corrected chi connectivity index (χ0v) is 15.3. The minimum atomic E-state index is -0.466. The van der Waals surface area contributed by atoms with Crippen molar-refractivity contribution in [3.05, 3.63) is 65.2 Å². The molecule has 2 aromatic carbocycles. The molecular formula is C21H28N2O2. The predicted molar refractivity (Wildman–Crippen MR) is 103 cm³/mol. The Hall–Kier alpha value is -2.17. The van der Waals surface area contributed by atoms with Gasteiger partial charge in [0.2, 0.25) is 5.91 Å². The fourth-order valence-electron chi connectivity index (χ4n) is 2.80. The van der Waals surface area contributed by atoms with Crippen molar-refractivity contribution in [2.24, 2.45) is 0 Å². The van der Waals surface area contributed by atoms with Crippen molar-refractivity contribution >= 4 is 11.6 Å². The Morgan fingerprint density at radius 3 is 2.52 bits per heavy atom. The van der Waals surface area contributed by atoms with Gasteiger partial charge in [0.25, 0.3) is 0 Å². The third-order valence-electron chi connectivity index (χ3n) is 4.16. The molecule has 4 heteroatoms. The molecule has 0 heterocycles. The molecule has 0 aliphatic heterocycles. The molecule has 0 saturated carbocycles. The van der Waals surface area contributed by atoms with Gasteiger partial charge in [0, 0.05) is 24.7 Å². The first-order chi connectivity index (χ1) is 11.9. The van der Waals surface area contributed by atoms with E-state index in [-0.39, 0.29) is 11.9 Å². The van der Waals surface area contributed by atoms with E-state index in [1.165, 1.54) is 5.56 Å². The molecule has 4 nitrogen and oxygen atoms in total. The average molecular weight is 340 g/mol. The number of aryl methyl sites for hydroxylation is 2. The van der Waals surface area contributed by atoms with E-state index in [0.29, 0.717) is 19.4 Å². The third-order valence-corrected chi connectivity index (χ3v) is 4.16. The monoisotopic (exact) mass is 340 g/mol. The van der Waals surface area contributed by atoms with Crippen LogP contribution >= 0.6 is 0 Å². The van der Waals surface area contributed by atoms with Gasteiger partial charge < -0.3 is 15.7 Å². The van der Waals surface area contributed by atoms with Crippen molar-refractivity contribution in [1.82, 2.24) is 5.32 Å². The molecule has 1 amide bonds. The average Bonchev–Trinajstić information content (AvgIpc) is 2.56. The van der Waals surface area contributed by atoms with E-state index in [1.807, 2.05) is 63.2 Å². The zero-order chi connectivity index (χ0) is 18.2. The van der Waals surface area contributed by atoms with Gasteiger partial charge in [0.15, 0.2) is 0 Å². The van der Waals surface area contributed by atoms with E-state index in [0.717, 1.165) is 16.8 Å². The lowest BCUT2D eigenvalue weighted by atomic mass is 10.1. The van der Waals surface area contributed by atoms with Gasteiger partial charge in [-0.05, 0) is 44.4 Å². The van der Waals surface area contributed by atoms with E-state index < -0.39 is 6.10 Å². The number of hydrogen-bond donors (Lipinski definition) is 3. The summed E-state index contributed by atoms with van der Waals surface area (Å²) in [6.45, 7) is 6.44. The molecule has 0 fully saturated rings. The van der Waals surface area contributed by atoms with Gasteiger partial charge in [0.05, 0.1) is 6.10 Å². The molecule has 0 radical (unpaired) electrons. The van der Waals surface area contributed by atoms with Crippen LogP contribution in [0.5, 0.6) is 0 Å². The molecule has 3 N–H and O–H groups in total. The van der Waals surface area contributed by atoms with Crippen LogP contribution < -0.4 is 10.6 Å². The molecular weight excluding hydrogens is 312 g/mol. The van der Waals surface area contributed by atoms with Gasteiger partial charge in [0.1, 0.15) is 0 Å². The third kappa shape index (κ3) is 6.69.